The molecule has 0 aliphatic heterocycles. The molecule has 2 N–H and O–H groups in total. The molecule has 0 radical (unpaired) electrons. The molecule has 0 spiro atoms. The molecule has 136 valence electrons. The molecular formula is C19H15ClN4O3. The number of nitrogens with zero attached hydrogens (tertiary/aromatic N) is 2. The third-order valence-electron chi connectivity index (χ3n) is 4.14. The zero-order valence-corrected chi connectivity index (χ0v) is 15.1. The number of oxazole rings is 1. The first kappa shape index (κ1) is 17.1. The predicted molar refractivity (Wildman–Crippen MR) is 102 cm³/mol. The molecule has 1 amide bonds. The summed E-state index contributed by atoms with van der Waals surface area (Å²) < 4.78 is 6.55. The topological polar surface area (TPSA) is 92.9 Å². The van der Waals surface area contributed by atoms with Crippen molar-refractivity contribution >= 4 is 34.3 Å². The lowest BCUT2D eigenvalue weighted by atomic mass is 10.2. The van der Waals surface area contributed by atoms with Crippen LogP contribution >= 0.6 is 11.6 Å². The quantitative estimate of drug-likeness (QED) is 0.564. The number of carbonyl (C=O) groups is 1. The number of fused-ring (bicyclic) bond motifs is 1. The van der Waals surface area contributed by atoms with E-state index in [4.69, 9.17) is 16.0 Å². The van der Waals surface area contributed by atoms with Crippen molar-refractivity contribution in [2.24, 2.45) is 0 Å². The van der Waals surface area contributed by atoms with Crippen molar-refractivity contribution in [3.63, 3.8) is 0 Å². The maximum absolute atomic E-state index is 12.7. The van der Waals surface area contributed by atoms with Crippen LogP contribution in [0.4, 0.5) is 5.69 Å². The average molecular weight is 383 g/mol. The molecule has 8 heteroatoms. The van der Waals surface area contributed by atoms with Crippen molar-refractivity contribution in [1.29, 1.82) is 0 Å². The highest BCUT2D eigenvalue weighted by Crippen LogP contribution is 2.23. The number of aromatic amines is 1. The molecule has 0 saturated heterocycles. The summed E-state index contributed by atoms with van der Waals surface area (Å²) in [5.41, 5.74) is 3.31. The molecule has 2 heterocycles. The molecule has 0 atom stereocenters. The minimum atomic E-state index is -0.547. The Morgan fingerprint density at radius 1 is 1.26 bits per heavy atom. The number of nitrogens with one attached hydrogen (secondary N) is 2. The van der Waals surface area contributed by atoms with Crippen LogP contribution in [0.25, 0.3) is 11.1 Å². The SMILES string of the molecule is Cc1nn(Cc2ccccc2)c(Cl)c1C(=O)Nc1ccc2oc(=O)[nH]c2c1. The summed E-state index contributed by atoms with van der Waals surface area (Å²) in [5, 5.41) is 7.43. The Hall–Kier alpha value is -3.32. The van der Waals surface area contributed by atoms with Crippen LogP contribution in [0.1, 0.15) is 21.6 Å². The minimum Gasteiger partial charge on any atom is -0.408 e. The predicted octanol–water partition coefficient (Wildman–Crippen LogP) is 3.58. The fourth-order valence-corrected chi connectivity index (χ4v) is 3.22. The molecule has 0 saturated carbocycles. The van der Waals surface area contributed by atoms with Crippen molar-refractivity contribution < 1.29 is 9.21 Å². The van der Waals surface area contributed by atoms with Crippen molar-refractivity contribution in [2.45, 2.75) is 13.5 Å². The summed E-state index contributed by atoms with van der Waals surface area (Å²) in [5.74, 6) is -0.920. The smallest absolute Gasteiger partial charge is 0.408 e. The standard InChI is InChI=1S/C19H15ClN4O3/c1-11-16(17(20)24(23-11)10-12-5-3-2-4-6-12)18(25)21-13-7-8-15-14(9-13)22-19(26)27-15/h2-9H,10H2,1H3,(H,21,25)(H,22,26). The molecule has 27 heavy (non-hydrogen) atoms. The summed E-state index contributed by atoms with van der Waals surface area (Å²) in [6.45, 7) is 2.20. The van der Waals surface area contributed by atoms with Gasteiger partial charge in [-0.15, -0.1) is 0 Å². The van der Waals surface area contributed by atoms with Gasteiger partial charge in [0.1, 0.15) is 5.15 Å². The summed E-state index contributed by atoms with van der Waals surface area (Å²) in [7, 11) is 0. The van der Waals surface area contributed by atoms with E-state index in [0.717, 1.165) is 5.56 Å². The molecule has 2 aromatic carbocycles. The lowest BCUT2D eigenvalue weighted by Crippen LogP contribution is -2.13. The first-order valence-electron chi connectivity index (χ1n) is 8.22. The normalized spacial score (nSPS) is 11.0. The minimum absolute atomic E-state index is 0.270. The molecule has 0 aliphatic rings. The number of halogens is 1. The Balaban J connectivity index is 1.60. The molecule has 4 aromatic rings. The number of aryl methyl sites for hydroxylation is 1. The second kappa shape index (κ2) is 6.77. The van der Waals surface area contributed by atoms with E-state index in [1.807, 2.05) is 30.3 Å². The van der Waals surface area contributed by atoms with E-state index in [0.29, 0.717) is 34.6 Å². The van der Waals surface area contributed by atoms with Gasteiger partial charge >= 0.3 is 5.76 Å². The molecule has 0 unspecified atom stereocenters. The summed E-state index contributed by atoms with van der Waals surface area (Å²) in [4.78, 5) is 26.5. The molecule has 0 aliphatic carbocycles. The van der Waals surface area contributed by atoms with Crippen LogP contribution in [0.5, 0.6) is 0 Å². The summed E-state index contributed by atoms with van der Waals surface area (Å²) in [6, 6.07) is 14.6. The first-order valence-corrected chi connectivity index (χ1v) is 8.60. The number of aromatic nitrogens is 3. The number of carbonyl (C=O) groups excluding carboxylic acids is 1. The number of amides is 1. The number of benzene rings is 2. The second-order valence-electron chi connectivity index (χ2n) is 6.07. The Morgan fingerprint density at radius 2 is 2.04 bits per heavy atom. The van der Waals surface area contributed by atoms with Gasteiger partial charge in [-0.25, -0.2) is 9.48 Å². The Kier molecular flexibility index (Phi) is 4.29. The maximum Gasteiger partial charge on any atom is 0.417 e. The molecule has 7 nitrogen and oxygen atoms in total. The van der Waals surface area contributed by atoms with E-state index in [1.165, 1.54) is 0 Å². The highest BCUT2D eigenvalue weighted by Gasteiger charge is 2.20. The van der Waals surface area contributed by atoms with Crippen LogP contribution in [0.3, 0.4) is 0 Å². The number of hydrogen-bond donors (Lipinski definition) is 2. The van der Waals surface area contributed by atoms with Crippen LogP contribution in [-0.2, 0) is 6.54 Å². The molecular weight excluding hydrogens is 368 g/mol. The van der Waals surface area contributed by atoms with Gasteiger partial charge in [0.2, 0.25) is 0 Å². The van der Waals surface area contributed by atoms with Gasteiger partial charge in [0.15, 0.2) is 5.58 Å². The number of hydrogen-bond acceptors (Lipinski definition) is 4. The van der Waals surface area contributed by atoms with Crippen LogP contribution in [-0.4, -0.2) is 20.7 Å². The van der Waals surface area contributed by atoms with Crippen LogP contribution < -0.4 is 11.1 Å². The third kappa shape index (κ3) is 3.37. The van der Waals surface area contributed by atoms with Gasteiger partial charge < -0.3 is 9.73 Å². The van der Waals surface area contributed by atoms with Gasteiger partial charge in [-0.1, -0.05) is 41.9 Å². The van der Waals surface area contributed by atoms with Gasteiger partial charge in [0.25, 0.3) is 5.91 Å². The van der Waals surface area contributed by atoms with E-state index >= 15 is 0 Å². The van der Waals surface area contributed by atoms with Crippen molar-refractivity contribution in [3.8, 4) is 0 Å². The number of H-pyrrole nitrogens is 1. The van der Waals surface area contributed by atoms with E-state index in [1.54, 1.807) is 29.8 Å². The van der Waals surface area contributed by atoms with Gasteiger partial charge in [0, 0.05) is 5.69 Å². The van der Waals surface area contributed by atoms with E-state index in [9.17, 15) is 9.59 Å². The number of rotatable bonds is 4. The largest absolute Gasteiger partial charge is 0.417 e. The Bertz CT molecular complexity index is 1190. The van der Waals surface area contributed by atoms with Crippen LogP contribution in [0.15, 0.2) is 57.7 Å². The van der Waals surface area contributed by atoms with Crippen molar-refractivity contribution in [3.05, 3.63) is 81.1 Å². The van der Waals surface area contributed by atoms with Crippen LogP contribution in [0, 0.1) is 6.92 Å². The summed E-state index contributed by atoms with van der Waals surface area (Å²) in [6.07, 6.45) is 0. The first-order chi connectivity index (χ1) is 13.0. The van der Waals surface area contributed by atoms with Gasteiger partial charge in [-0.3, -0.25) is 9.78 Å². The lowest BCUT2D eigenvalue weighted by molar-refractivity contribution is 0.102. The lowest BCUT2D eigenvalue weighted by Gasteiger charge is -2.06. The van der Waals surface area contributed by atoms with E-state index in [-0.39, 0.29) is 11.1 Å². The van der Waals surface area contributed by atoms with Crippen molar-refractivity contribution in [2.75, 3.05) is 5.32 Å². The molecule has 0 bridgehead atoms. The van der Waals surface area contributed by atoms with Gasteiger partial charge in [0.05, 0.1) is 23.3 Å². The zero-order valence-electron chi connectivity index (χ0n) is 14.3. The Morgan fingerprint density at radius 3 is 2.81 bits per heavy atom. The van der Waals surface area contributed by atoms with E-state index < -0.39 is 5.76 Å². The van der Waals surface area contributed by atoms with Gasteiger partial charge in [-0.2, -0.15) is 5.10 Å². The number of anilines is 1. The molecule has 0 fully saturated rings. The second-order valence-corrected chi connectivity index (χ2v) is 6.43. The zero-order chi connectivity index (χ0) is 19.0. The fourth-order valence-electron chi connectivity index (χ4n) is 2.90. The highest BCUT2D eigenvalue weighted by molar-refractivity contribution is 6.33. The van der Waals surface area contributed by atoms with Crippen LogP contribution in [0.2, 0.25) is 5.15 Å². The average Bonchev–Trinajstić information content (AvgIpc) is 3.14. The highest BCUT2D eigenvalue weighted by atomic mass is 35.5. The monoisotopic (exact) mass is 382 g/mol. The molecule has 2 aromatic heterocycles. The van der Waals surface area contributed by atoms with E-state index in [2.05, 4.69) is 15.4 Å². The maximum atomic E-state index is 12.7. The van der Waals surface area contributed by atoms with Gasteiger partial charge in [-0.05, 0) is 30.7 Å². The fraction of sp³-hybridized carbons (Fsp3) is 0.105. The third-order valence-corrected chi connectivity index (χ3v) is 4.53. The Labute approximate surface area is 158 Å². The molecule has 4 rings (SSSR count). The van der Waals surface area contributed by atoms with Crippen molar-refractivity contribution in [1.82, 2.24) is 14.8 Å². The summed E-state index contributed by atoms with van der Waals surface area (Å²) >= 11 is 6.42.